The quantitative estimate of drug-likeness (QED) is 0.556. The van der Waals surface area contributed by atoms with Gasteiger partial charge in [-0.3, -0.25) is 0 Å². The molecule has 0 heterocycles. The minimum atomic E-state index is 1.22. The summed E-state index contributed by atoms with van der Waals surface area (Å²) < 4.78 is 0. The van der Waals surface area contributed by atoms with Gasteiger partial charge in [0.05, 0.1) is 0 Å². The molecule has 1 aliphatic carbocycles. The maximum Gasteiger partial charge on any atom is -0.00186 e. The smallest absolute Gasteiger partial charge is 0.00186 e. The van der Waals surface area contributed by atoms with Crippen LogP contribution in [0.25, 0.3) is 5.57 Å². The van der Waals surface area contributed by atoms with E-state index in [1.165, 1.54) is 70.1 Å². The number of hydrogen-bond donors (Lipinski definition) is 0. The first-order chi connectivity index (χ1) is 10.3. The fourth-order valence-electron chi connectivity index (χ4n) is 3.42. The molecular formula is C20H31N. The zero-order chi connectivity index (χ0) is 14.9. The lowest BCUT2D eigenvalue weighted by atomic mass is 9.88. The summed E-state index contributed by atoms with van der Waals surface area (Å²) in [6, 6.07) is 8.96. The monoisotopic (exact) mass is 285 g/mol. The van der Waals surface area contributed by atoms with E-state index in [0.29, 0.717) is 0 Å². The molecule has 2 rings (SSSR count). The van der Waals surface area contributed by atoms with Crippen LogP contribution < -0.4 is 0 Å². The van der Waals surface area contributed by atoms with Gasteiger partial charge in [0.25, 0.3) is 0 Å². The number of nitrogens with zero attached hydrogens (tertiary/aromatic N) is 1. The van der Waals surface area contributed by atoms with Crippen molar-refractivity contribution >= 4 is 5.57 Å². The van der Waals surface area contributed by atoms with E-state index in [1.807, 2.05) is 0 Å². The summed E-state index contributed by atoms with van der Waals surface area (Å²) in [7, 11) is 0. The molecular weight excluding hydrogens is 254 g/mol. The number of aryl methyl sites for hydroxylation is 1. The Kier molecular flexibility index (Phi) is 7.02. The van der Waals surface area contributed by atoms with Crippen LogP contribution in [0.2, 0.25) is 0 Å². The van der Waals surface area contributed by atoms with Crippen molar-refractivity contribution in [1.82, 2.24) is 4.90 Å². The Morgan fingerprint density at radius 1 is 0.952 bits per heavy atom. The molecule has 21 heavy (non-hydrogen) atoms. The van der Waals surface area contributed by atoms with Gasteiger partial charge in [-0.05, 0) is 81.3 Å². The Balaban J connectivity index is 1.77. The molecule has 116 valence electrons. The summed E-state index contributed by atoms with van der Waals surface area (Å²) in [6.45, 7) is 8.37. The van der Waals surface area contributed by atoms with Crippen molar-refractivity contribution in [1.29, 1.82) is 0 Å². The number of benzene rings is 1. The lowest BCUT2D eigenvalue weighted by molar-refractivity contribution is 0.269. The van der Waals surface area contributed by atoms with Crippen LogP contribution in [0.5, 0.6) is 0 Å². The Labute approximate surface area is 131 Å². The molecule has 0 fully saturated rings. The fraction of sp³-hybridized carbons (Fsp3) is 0.600. The average molecular weight is 285 g/mol. The Bertz CT molecular complexity index is 441. The summed E-state index contributed by atoms with van der Waals surface area (Å²) in [6.07, 6.45) is 11.4. The zero-order valence-corrected chi connectivity index (χ0v) is 13.9. The molecule has 1 nitrogen and oxygen atoms in total. The molecule has 0 atom stereocenters. The highest BCUT2D eigenvalue weighted by atomic mass is 15.1. The van der Waals surface area contributed by atoms with E-state index in [2.05, 4.69) is 49.1 Å². The molecule has 0 aromatic heterocycles. The topological polar surface area (TPSA) is 3.24 Å². The predicted octanol–water partition coefficient (Wildman–Crippen LogP) is 5.31. The third-order valence-corrected chi connectivity index (χ3v) is 4.42. The number of fused-ring (bicyclic) bond motifs is 1. The Morgan fingerprint density at radius 3 is 2.48 bits per heavy atom. The number of hydrogen-bond acceptors (Lipinski definition) is 1. The van der Waals surface area contributed by atoms with E-state index in [4.69, 9.17) is 0 Å². The lowest BCUT2D eigenvalue weighted by Gasteiger charge is -2.21. The van der Waals surface area contributed by atoms with Gasteiger partial charge in [-0.15, -0.1) is 0 Å². The predicted molar refractivity (Wildman–Crippen MR) is 93.6 cm³/mol. The summed E-state index contributed by atoms with van der Waals surface area (Å²) in [4.78, 5) is 2.63. The largest absolute Gasteiger partial charge is 0.303 e. The summed E-state index contributed by atoms with van der Waals surface area (Å²) >= 11 is 0. The first kappa shape index (κ1) is 16.3. The molecule has 0 saturated heterocycles. The van der Waals surface area contributed by atoms with Crippen molar-refractivity contribution in [3.05, 3.63) is 41.5 Å². The molecule has 1 aromatic carbocycles. The van der Waals surface area contributed by atoms with Gasteiger partial charge >= 0.3 is 0 Å². The second-order valence-electron chi connectivity index (χ2n) is 6.22. The highest BCUT2D eigenvalue weighted by Crippen LogP contribution is 2.29. The van der Waals surface area contributed by atoms with Gasteiger partial charge in [-0.2, -0.15) is 0 Å². The van der Waals surface area contributed by atoms with Crippen LogP contribution >= 0.6 is 0 Å². The summed E-state index contributed by atoms with van der Waals surface area (Å²) in [5.74, 6) is 0. The third-order valence-electron chi connectivity index (χ3n) is 4.42. The van der Waals surface area contributed by atoms with Crippen LogP contribution in [-0.4, -0.2) is 24.5 Å². The molecule has 0 aliphatic heterocycles. The SMILES string of the molecule is CCCN(CCC)CCCCC1=CCCc2ccccc21. The molecule has 0 saturated carbocycles. The Morgan fingerprint density at radius 2 is 1.71 bits per heavy atom. The molecule has 1 heteroatoms. The molecule has 0 spiro atoms. The molecule has 0 bridgehead atoms. The van der Waals surface area contributed by atoms with Crippen LogP contribution in [0.3, 0.4) is 0 Å². The minimum Gasteiger partial charge on any atom is -0.303 e. The fourth-order valence-corrected chi connectivity index (χ4v) is 3.42. The van der Waals surface area contributed by atoms with Gasteiger partial charge in [0.15, 0.2) is 0 Å². The van der Waals surface area contributed by atoms with Crippen molar-refractivity contribution in [2.75, 3.05) is 19.6 Å². The van der Waals surface area contributed by atoms with Gasteiger partial charge in [-0.1, -0.05) is 44.2 Å². The van der Waals surface area contributed by atoms with Gasteiger partial charge in [0, 0.05) is 0 Å². The van der Waals surface area contributed by atoms with E-state index >= 15 is 0 Å². The minimum absolute atomic E-state index is 1.22. The van der Waals surface area contributed by atoms with E-state index in [0.717, 1.165) is 0 Å². The highest BCUT2D eigenvalue weighted by Gasteiger charge is 2.11. The maximum atomic E-state index is 2.63. The van der Waals surface area contributed by atoms with Crippen molar-refractivity contribution < 1.29 is 0 Å². The molecule has 1 aliphatic rings. The first-order valence-electron chi connectivity index (χ1n) is 8.84. The van der Waals surface area contributed by atoms with Crippen molar-refractivity contribution in [3.8, 4) is 0 Å². The van der Waals surface area contributed by atoms with E-state index in [-0.39, 0.29) is 0 Å². The molecule has 0 unspecified atom stereocenters. The van der Waals surface area contributed by atoms with Crippen molar-refractivity contribution in [2.24, 2.45) is 0 Å². The molecule has 0 N–H and O–H groups in total. The molecule has 0 radical (unpaired) electrons. The Hall–Kier alpha value is -1.08. The normalized spacial score (nSPS) is 14.1. The van der Waals surface area contributed by atoms with Gasteiger partial charge in [0.2, 0.25) is 0 Å². The van der Waals surface area contributed by atoms with E-state index in [9.17, 15) is 0 Å². The summed E-state index contributed by atoms with van der Waals surface area (Å²) in [5.41, 5.74) is 4.66. The van der Waals surface area contributed by atoms with Crippen molar-refractivity contribution in [2.45, 2.75) is 58.8 Å². The van der Waals surface area contributed by atoms with Crippen molar-refractivity contribution in [3.63, 3.8) is 0 Å². The molecule has 1 aromatic rings. The average Bonchev–Trinajstić information content (AvgIpc) is 2.52. The van der Waals surface area contributed by atoms with Crippen LogP contribution in [-0.2, 0) is 6.42 Å². The van der Waals surface area contributed by atoms with Gasteiger partial charge < -0.3 is 4.90 Å². The zero-order valence-electron chi connectivity index (χ0n) is 13.9. The van der Waals surface area contributed by atoms with E-state index in [1.54, 1.807) is 11.1 Å². The molecule has 0 amide bonds. The standard InChI is InChI=1S/C20H31N/c1-3-15-21(16-4-2)17-8-7-11-19-13-9-12-18-10-5-6-14-20(18)19/h5-6,10,13-14H,3-4,7-9,11-12,15-17H2,1-2H3. The second-order valence-corrected chi connectivity index (χ2v) is 6.22. The lowest BCUT2D eigenvalue weighted by Crippen LogP contribution is -2.26. The second kappa shape index (κ2) is 9.04. The third kappa shape index (κ3) is 5.00. The van der Waals surface area contributed by atoms with Crippen LogP contribution in [0.1, 0.15) is 63.5 Å². The van der Waals surface area contributed by atoms with Gasteiger partial charge in [-0.25, -0.2) is 0 Å². The van der Waals surface area contributed by atoms with Gasteiger partial charge in [0.1, 0.15) is 0 Å². The highest BCUT2D eigenvalue weighted by molar-refractivity contribution is 5.69. The van der Waals surface area contributed by atoms with E-state index < -0.39 is 0 Å². The van der Waals surface area contributed by atoms with Crippen LogP contribution in [0.15, 0.2) is 30.3 Å². The maximum absolute atomic E-state index is 2.63. The number of unbranched alkanes of at least 4 members (excludes halogenated alkanes) is 1. The number of allylic oxidation sites excluding steroid dienone is 2. The van der Waals surface area contributed by atoms with Crippen LogP contribution in [0, 0.1) is 0 Å². The first-order valence-corrected chi connectivity index (χ1v) is 8.84. The number of rotatable bonds is 9. The summed E-state index contributed by atoms with van der Waals surface area (Å²) in [5, 5.41) is 0. The van der Waals surface area contributed by atoms with Crippen LogP contribution in [0.4, 0.5) is 0 Å².